The number of carbonyl (C=O) groups is 1. The molecule has 7 nitrogen and oxygen atoms in total. The second kappa shape index (κ2) is 9.53. The molecule has 0 radical (unpaired) electrons. The molecule has 5 rings (SSSR count). The lowest BCUT2D eigenvalue weighted by Crippen LogP contribution is -2.25. The molecular weight excluding hydrogens is 487 g/mol. The van der Waals surface area contributed by atoms with Gasteiger partial charge in [-0.25, -0.2) is 4.98 Å². The molecule has 0 spiro atoms. The van der Waals surface area contributed by atoms with Crippen LogP contribution >= 0.6 is 0 Å². The van der Waals surface area contributed by atoms with E-state index in [2.05, 4.69) is 10.3 Å². The summed E-state index contributed by atoms with van der Waals surface area (Å²) in [6, 6.07) is 15.1. The third-order valence-corrected chi connectivity index (χ3v) is 5.81. The number of rotatable bonds is 6. The summed E-state index contributed by atoms with van der Waals surface area (Å²) in [5, 5.41) is 2.83. The van der Waals surface area contributed by atoms with Gasteiger partial charge in [-0.15, -0.1) is 0 Å². The zero-order valence-corrected chi connectivity index (χ0v) is 20.1. The first-order valence-electron chi connectivity index (χ1n) is 11.6. The minimum Gasteiger partial charge on any atom is -0.491 e. The van der Waals surface area contributed by atoms with Gasteiger partial charge in [-0.3, -0.25) is 4.79 Å². The molecule has 1 saturated heterocycles. The van der Waals surface area contributed by atoms with Crippen molar-refractivity contribution in [1.29, 1.82) is 0 Å². The predicted molar refractivity (Wildman–Crippen MR) is 130 cm³/mol. The Morgan fingerprint density at radius 3 is 2.73 bits per heavy atom. The van der Waals surface area contributed by atoms with Crippen LogP contribution < -0.4 is 10.1 Å². The third-order valence-electron chi connectivity index (χ3n) is 5.81. The number of carbonyl (C=O) groups excluding carboxylic acids is 1. The van der Waals surface area contributed by atoms with E-state index in [4.69, 9.17) is 14.2 Å². The molecule has 192 valence electrons. The van der Waals surface area contributed by atoms with Gasteiger partial charge in [0.25, 0.3) is 5.91 Å². The number of nitrogens with one attached hydrogen (secondary N) is 1. The number of nitrogens with zero attached hydrogens (tertiary/aromatic N) is 2. The molecule has 1 amide bonds. The molecule has 1 atom stereocenters. The van der Waals surface area contributed by atoms with Crippen molar-refractivity contribution in [1.82, 2.24) is 9.38 Å². The van der Waals surface area contributed by atoms with Crippen molar-refractivity contribution < 1.29 is 32.2 Å². The number of anilines is 1. The number of imidazole rings is 1. The Labute approximate surface area is 210 Å². The van der Waals surface area contributed by atoms with Gasteiger partial charge in [0.1, 0.15) is 24.1 Å². The number of amides is 1. The van der Waals surface area contributed by atoms with E-state index in [1.54, 1.807) is 59.3 Å². The largest absolute Gasteiger partial charge is 0.491 e. The van der Waals surface area contributed by atoms with Crippen molar-refractivity contribution in [2.45, 2.75) is 31.9 Å². The maximum absolute atomic E-state index is 13.2. The molecule has 2 aromatic heterocycles. The molecule has 0 bridgehead atoms. The summed E-state index contributed by atoms with van der Waals surface area (Å²) >= 11 is 0. The van der Waals surface area contributed by atoms with Crippen LogP contribution in [0.3, 0.4) is 0 Å². The maximum atomic E-state index is 13.2. The zero-order chi connectivity index (χ0) is 26.2. The highest BCUT2D eigenvalue weighted by Crippen LogP contribution is 2.32. The topological polar surface area (TPSA) is 74.1 Å². The van der Waals surface area contributed by atoms with Crippen LogP contribution in [0.1, 0.15) is 29.8 Å². The van der Waals surface area contributed by atoms with Gasteiger partial charge in [0.15, 0.2) is 5.79 Å². The molecule has 3 heterocycles. The fourth-order valence-electron chi connectivity index (χ4n) is 4.08. The number of pyridine rings is 1. The van der Waals surface area contributed by atoms with Crippen LogP contribution in [0.5, 0.6) is 5.75 Å². The van der Waals surface area contributed by atoms with Gasteiger partial charge >= 0.3 is 6.18 Å². The van der Waals surface area contributed by atoms with E-state index in [1.165, 1.54) is 6.07 Å². The molecule has 1 N–H and O–H groups in total. The minimum absolute atomic E-state index is 0.197. The summed E-state index contributed by atoms with van der Waals surface area (Å²) in [6.45, 7) is 4.41. The highest BCUT2D eigenvalue weighted by atomic mass is 19.4. The standard InChI is InChI=1S/C27H24F3N3O4/c1-26(2)36-16-21(37-26)15-35-20-9-4-8-19(13-20)31-25(34)22-10-5-11-33-14-23(32-24(22)33)17-6-3-7-18(12-17)27(28,29)30/h3-14,21H,15-16H2,1-2H3,(H,31,34). The van der Waals surface area contributed by atoms with Crippen LogP contribution in [-0.4, -0.2) is 40.4 Å². The lowest BCUT2D eigenvalue weighted by Gasteiger charge is -2.17. The second-order valence-corrected chi connectivity index (χ2v) is 9.10. The zero-order valence-electron chi connectivity index (χ0n) is 20.1. The molecule has 2 aromatic carbocycles. The smallest absolute Gasteiger partial charge is 0.416 e. The van der Waals surface area contributed by atoms with Crippen LogP contribution in [0.4, 0.5) is 18.9 Å². The first-order chi connectivity index (χ1) is 17.6. The predicted octanol–water partition coefficient (Wildman–Crippen LogP) is 5.80. The number of alkyl halides is 3. The van der Waals surface area contributed by atoms with E-state index in [9.17, 15) is 18.0 Å². The number of hydrogen-bond donors (Lipinski definition) is 1. The Kier molecular flexibility index (Phi) is 6.38. The number of fused-ring (bicyclic) bond motifs is 1. The van der Waals surface area contributed by atoms with Gasteiger partial charge < -0.3 is 23.9 Å². The van der Waals surface area contributed by atoms with Crippen molar-refractivity contribution in [2.75, 3.05) is 18.5 Å². The molecule has 0 saturated carbocycles. The molecule has 37 heavy (non-hydrogen) atoms. The quantitative estimate of drug-likeness (QED) is 0.354. The minimum atomic E-state index is -4.47. The molecular formula is C27H24F3N3O4. The normalized spacial score (nSPS) is 17.2. The SMILES string of the molecule is CC1(C)OCC(COc2cccc(NC(=O)c3cccn4cc(-c5cccc(C(F)(F)F)c5)nc34)c2)O1. The lowest BCUT2D eigenvalue weighted by molar-refractivity contribution is -0.141. The molecule has 1 aliphatic rings. The number of ether oxygens (including phenoxy) is 3. The average Bonchev–Trinajstić information content (AvgIpc) is 3.45. The van der Waals surface area contributed by atoms with Crippen molar-refractivity contribution in [2.24, 2.45) is 0 Å². The summed E-state index contributed by atoms with van der Waals surface area (Å²) in [5.41, 5.74) is 0.959. The van der Waals surface area contributed by atoms with Crippen LogP contribution in [0.25, 0.3) is 16.9 Å². The number of benzene rings is 2. The fourth-order valence-corrected chi connectivity index (χ4v) is 4.08. The molecule has 0 aliphatic carbocycles. The maximum Gasteiger partial charge on any atom is 0.416 e. The Morgan fingerprint density at radius 1 is 1.16 bits per heavy atom. The van der Waals surface area contributed by atoms with Crippen molar-refractivity contribution in [3.8, 4) is 17.0 Å². The average molecular weight is 512 g/mol. The van der Waals surface area contributed by atoms with Gasteiger partial charge in [0.05, 0.1) is 23.4 Å². The highest BCUT2D eigenvalue weighted by molar-refractivity contribution is 6.08. The summed E-state index contributed by atoms with van der Waals surface area (Å²) < 4.78 is 58.2. The summed E-state index contributed by atoms with van der Waals surface area (Å²) in [5.74, 6) is -0.506. The van der Waals surface area contributed by atoms with Crippen molar-refractivity contribution >= 4 is 17.2 Å². The van der Waals surface area contributed by atoms with Gasteiger partial charge in [-0.2, -0.15) is 13.2 Å². The highest BCUT2D eigenvalue weighted by Gasteiger charge is 2.33. The van der Waals surface area contributed by atoms with E-state index in [-0.39, 0.29) is 11.7 Å². The van der Waals surface area contributed by atoms with Gasteiger partial charge in [0.2, 0.25) is 0 Å². The van der Waals surface area contributed by atoms with Crippen LogP contribution in [0.2, 0.25) is 0 Å². The molecule has 10 heteroatoms. The summed E-state index contributed by atoms with van der Waals surface area (Å²) in [7, 11) is 0. The van der Waals surface area contributed by atoms with E-state index >= 15 is 0 Å². The summed E-state index contributed by atoms with van der Waals surface area (Å²) in [6.07, 6.45) is -1.39. The Morgan fingerprint density at radius 2 is 1.97 bits per heavy atom. The van der Waals surface area contributed by atoms with Crippen LogP contribution in [0.15, 0.2) is 73.1 Å². The first-order valence-corrected chi connectivity index (χ1v) is 11.6. The Hall–Kier alpha value is -3.89. The number of aromatic nitrogens is 2. The van der Waals surface area contributed by atoms with Gasteiger partial charge in [-0.05, 0) is 50.2 Å². The number of halogens is 3. The number of hydrogen-bond acceptors (Lipinski definition) is 5. The van der Waals surface area contributed by atoms with Crippen molar-refractivity contribution in [3.63, 3.8) is 0 Å². The molecule has 1 unspecified atom stereocenters. The molecule has 1 fully saturated rings. The summed E-state index contributed by atoms with van der Waals surface area (Å²) in [4.78, 5) is 17.6. The van der Waals surface area contributed by atoms with Crippen LogP contribution in [0, 0.1) is 0 Å². The Balaban J connectivity index is 1.33. The second-order valence-electron chi connectivity index (χ2n) is 9.10. The van der Waals surface area contributed by atoms with Crippen molar-refractivity contribution in [3.05, 3.63) is 84.2 Å². The lowest BCUT2D eigenvalue weighted by atomic mass is 10.1. The van der Waals surface area contributed by atoms with Gasteiger partial charge in [0, 0.05) is 29.7 Å². The van der Waals surface area contributed by atoms with Gasteiger partial charge in [-0.1, -0.05) is 18.2 Å². The van der Waals surface area contributed by atoms with E-state index < -0.39 is 23.4 Å². The van der Waals surface area contributed by atoms with Crippen LogP contribution in [-0.2, 0) is 15.7 Å². The monoisotopic (exact) mass is 511 g/mol. The third kappa shape index (κ3) is 5.60. The first kappa shape index (κ1) is 24.8. The molecule has 4 aromatic rings. The van der Waals surface area contributed by atoms with E-state index in [0.717, 1.165) is 12.1 Å². The molecule has 1 aliphatic heterocycles. The Bertz CT molecular complexity index is 1450. The van der Waals surface area contributed by atoms with E-state index in [1.807, 2.05) is 13.8 Å². The van der Waals surface area contributed by atoms with E-state index in [0.29, 0.717) is 41.6 Å². The fraction of sp³-hybridized carbons (Fsp3) is 0.259.